The summed E-state index contributed by atoms with van der Waals surface area (Å²) in [6, 6.07) is 5.76. The van der Waals surface area contributed by atoms with E-state index in [-0.39, 0.29) is 11.8 Å². The Morgan fingerprint density at radius 2 is 1.78 bits per heavy atom. The van der Waals surface area contributed by atoms with E-state index in [1.807, 2.05) is 51.2 Å². The topological polar surface area (TPSA) is 89.6 Å². The molecule has 0 radical (unpaired) electrons. The molecule has 2 fully saturated rings. The molecule has 0 aliphatic carbocycles. The van der Waals surface area contributed by atoms with Crippen LogP contribution in [0.2, 0.25) is 0 Å². The van der Waals surface area contributed by atoms with Crippen LogP contribution in [0, 0.1) is 18.8 Å². The van der Waals surface area contributed by atoms with E-state index in [4.69, 9.17) is 5.73 Å². The van der Waals surface area contributed by atoms with Crippen molar-refractivity contribution < 1.29 is 4.79 Å². The molecule has 1 aromatic carbocycles. The molecule has 2 saturated heterocycles. The third kappa shape index (κ3) is 9.94. The van der Waals surface area contributed by atoms with Gasteiger partial charge in [-0.3, -0.25) is 14.7 Å². The van der Waals surface area contributed by atoms with Crippen LogP contribution in [0.25, 0.3) is 0 Å². The monoisotopic (exact) mass is 559 g/mol. The highest BCUT2D eigenvalue weighted by atomic mass is 16.1. The number of allylic oxidation sites excluding steroid dienone is 2. The summed E-state index contributed by atoms with van der Waals surface area (Å²) in [7, 11) is 0. The molecule has 41 heavy (non-hydrogen) atoms. The number of nitrogens with one attached hydrogen (secondary N) is 1. The number of nitrogens with zero attached hydrogens (tertiary/aromatic N) is 5. The summed E-state index contributed by atoms with van der Waals surface area (Å²) in [5.74, 6) is 1.40. The Kier molecular flexibility index (Phi) is 13.4. The third-order valence-electron chi connectivity index (χ3n) is 7.64. The minimum Gasteiger partial charge on any atom is -0.398 e. The molecular weight excluding hydrogens is 510 g/mol. The summed E-state index contributed by atoms with van der Waals surface area (Å²) in [6.07, 6.45) is 14.5. The molecule has 0 spiro atoms. The molecule has 1 atom stereocenters. The quantitative estimate of drug-likeness (QED) is 0.184. The number of anilines is 2. The first kappa shape index (κ1) is 33.4. The summed E-state index contributed by atoms with van der Waals surface area (Å²) in [6.45, 7) is 22.8. The number of rotatable bonds is 9. The average molecular weight is 560 g/mol. The molecule has 3 N–H and O–H groups in total. The number of hydrogen-bond donors (Lipinski definition) is 2. The van der Waals surface area contributed by atoms with Gasteiger partial charge in [-0.15, -0.1) is 12.8 Å². The molecule has 8 nitrogen and oxygen atoms in total. The summed E-state index contributed by atoms with van der Waals surface area (Å²) >= 11 is 0. The highest BCUT2D eigenvalue weighted by molar-refractivity contribution is 5.98. The Bertz CT molecular complexity index is 1180. The second kappa shape index (κ2) is 16.4. The van der Waals surface area contributed by atoms with E-state index < -0.39 is 0 Å². The van der Waals surface area contributed by atoms with Gasteiger partial charge in [0, 0.05) is 74.5 Å². The van der Waals surface area contributed by atoms with Crippen molar-refractivity contribution in [2.24, 2.45) is 15.9 Å². The summed E-state index contributed by atoms with van der Waals surface area (Å²) in [5, 5.41) is 3.11. The van der Waals surface area contributed by atoms with Gasteiger partial charge in [0.05, 0.1) is 5.92 Å². The molecule has 0 bridgehead atoms. The van der Waals surface area contributed by atoms with Gasteiger partial charge in [-0.25, -0.2) is 4.99 Å². The van der Waals surface area contributed by atoms with Crippen molar-refractivity contribution in [3.8, 4) is 12.8 Å². The van der Waals surface area contributed by atoms with E-state index in [1.165, 1.54) is 0 Å². The molecule has 8 heteroatoms. The number of carbonyl (C=O) groups excluding carboxylic acids is 1. The van der Waals surface area contributed by atoms with Gasteiger partial charge in [0.2, 0.25) is 5.91 Å². The molecule has 0 aromatic heterocycles. The minimum atomic E-state index is -0.0169. The summed E-state index contributed by atoms with van der Waals surface area (Å²) < 4.78 is 0. The lowest BCUT2D eigenvalue weighted by molar-refractivity contribution is -0.119. The van der Waals surface area contributed by atoms with Crippen LogP contribution in [0.3, 0.4) is 0 Å². The Balaban J connectivity index is 0.00000287. The first-order chi connectivity index (χ1) is 19.6. The van der Waals surface area contributed by atoms with E-state index in [9.17, 15) is 4.79 Å². The van der Waals surface area contributed by atoms with Crippen molar-refractivity contribution >= 4 is 28.8 Å². The van der Waals surface area contributed by atoms with E-state index in [1.54, 1.807) is 6.20 Å². The van der Waals surface area contributed by atoms with Crippen LogP contribution in [-0.4, -0.2) is 78.0 Å². The zero-order valence-electron chi connectivity index (χ0n) is 25.9. The Morgan fingerprint density at radius 3 is 2.41 bits per heavy atom. The molecule has 222 valence electrons. The second-order valence-corrected chi connectivity index (χ2v) is 10.9. The van der Waals surface area contributed by atoms with E-state index >= 15 is 0 Å². The Morgan fingerprint density at radius 1 is 1.12 bits per heavy atom. The number of likely N-dealkylation sites (tertiary alicyclic amines) is 1. The van der Waals surface area contributed by atoms with Crippen molar-refractivity contribution in [1.29, 1.82) is 0 Å². The van der Waals surface area contributed by atoms with Gasteiger partial charge in [-0.2, -0.15) is 0 Å². The predicted octanol–water partition coefficient (Wildman–Crippen LogP) is 5.35. The fourth-order valence-corrected chi connectivity index (χ4v) is 4.94. The number of hydrogen-bond acceptors (Lipinski definition) is 6. The van der Waals surface area contributed by atoms with E-state index in [0.717, 1.165) is 92.0 Å². The lowest BCUT2D eigenvalue weighted by Crippen LogP contribution is -2.48. The maximum atomic E-state index is 13.0. The van der Waals surface area contributed by atoms with Gasteiger partial charge in [0.15, 0.2) is 0 Å². The number of nitrogens with two attached hydrogens (primary N) is 1. The van der Waals surface area contributed by atoms with Crippen molar-refractivity contribution in [3.05, 3.63) is 60.1 Å². The fourth-order valence-electron chi connectivity index (χ4n) is 4.94. The number of terminal acetylenes is 1. The van der Waals surface area contributed by atoms with Gasteiger partial charge in [-0.05, 0) is 75.9 Å². The first-order valence-corrected chi connectivity index (χ1v) is 14.4. The third-order valence-corrected chi connectivity index (χ3v) is 7.64. The van der Waals surface area contributed by atoms with Crippen molar-refractivity contribution in [2.45, 2.75) is 53.9 Å². The molecule has 1 aromatic rings. The highest BCUT2D eigenvalue weighted by Crippen LogP contribution is 2.26. The van der Waals surface area contributed by atoms with Crippen LogP contribution in [0.1, 0.15) is 59.4 Å². The van der Waals surface area contributed by atoms with Crippen LogP contribution < -0.4 is 11.1 Å². The molecule has 1 amide bonds. The van der Waals surface area contributed by atoms with Gasteiger partial charge in [0.1, 0.15) is 5.84 Å². The number of nitrogen functional groups attached to an aromatic ring is 1. The smallest absolute Gasteiger partial charge is 0.228 e. The maximum absolute atomic E-state index is 13.0. The van der Waals surface area contributed by atoms with Crippen molar-refractivity contribution in [3.63, 3.8) is 0 Å². The molecule has 0 unspecified atom stereocenters. The van der Waals surface area contributed by atoms with Crippen LogP contribution in [0.4, 0.5) is 11.4 Å². The van der Waals surface area contributed by atoms with E-state index in [0.29, 0.717) is 5.92 Å². The first-order valence-electron chi connectivity index (χ1n) is 14.4. The number of amidine groups is 1. The Labute approximate surface area is 247 Å². The molecule has 3 rings (SSSR count). The zero-order valence-corrected chi connectivity index (χ0v) is 25.9. The van der Waals surface area contributed by atoms with Crippen LogP contribution >= 0.6 is 0 Å². The van der Waals surface area contributed by atoms with Gasteiger partial charge in [-0.1, -0.05) is 26.5 Å². The normalized spacial score (nSPS) is 19.0. The van der Waals surface area contributed by atoms with Crippen molar-refractivity contribution in [2.75, 3.05) is 56.9 Å². The lowest BCUT2D eigenvalue weighted by atomic mass is 10.0. The number of aliphatic imine (C=N–C) groups is 2. The van der Waals surface area contributed by atoms with Crippen LogP contribution in [0.5, 0.6) is 0 Å². The SMILES string of the molecule is C#C.C=C(CN1CC[C@@H](C(=O)Nc2ccc(N)c(C(C)C)c2)C1)N1CCN(C(C)=N/C=C(C)/C(C)=N\C=C/C)CC1. The lowest BCUT2D eigenvalue weighted by Gasteiger charge is -2.38. The fraction of sp³-hybridized carbons (Fsp3) is 0.485. The summed E-state index contributed by atoms with van der Waals surface area (Å²) in [5.41, 5.74) is 11.9. The van der Waals surface area contributed by atoms with Crippen molar-refractivity contribution in [1.82, 2.24) is 14.7 Å². The zero-order chi connectivity index (χ0) is 30.5. The van der Waals surface area contributed by atoms with Gasteiger partial charge >= 0.3 is 0 Å². The molecule has 2 aliphatic rings. The average Bonchev–Trinajstić information content (AvgIpc) is 3.45. The predicted molar refractivity (Wildman–Crippen MR) is 175 cm³/mol. The molecule has 2 heterocycles. The maximum Gasteiger partial charge on any atom is 0.228 e. The number of carbonyl (C=O) groups is 1. The minimum absolute atomic E-state index is 0.0169. The number of piperazine rings is 1. The molecule has 2 aliphatic heterocycles. The standard InChI is InChI=1S/C31H47N7O.C2H2/c1-8-12-33-25(6)23(4)19-34-26(7)38-16-14-37(15-17-38)24(5)20-36-13-11-27(21-36)31(39)35-28-9-10-30(32)29(18-28)22(2)3;1-2/h8-10,12,18-19,22,27H,5,11,13-17,20-21,32H2,1-4,6-7H3,(H,35,39);1-2H/b12-8-,23-19+,33-25-,34-26?;/t27-;/m1./s1. The second-order valence-electron chi connectivity index (χ2n) is 10.9. The van der Waals surface area contributed by atoms with Gasteiger partial charge < -0.3 is 20.9 Å². The van der Waals surface area contributed by atoms with Crippen LogP contribution in [-0.2, 0) is 4.79 Å². The largest absolute Gasteiger partial charge is 0.398 e. The summed E-state index contributed by atoms with van der Waals surface area (Å²) in [4.78, 5) is 29.1. The number of benzene rings is 1. The van der Waals surface area contributed by atoms with E-state index in [2.05, 4.69) is 70.2 Å². The van der Waals surface area contributed by atoms with Crippen LogP contribution in [0.15, 0.2) is 64.5 Å². The number of amides is 1. The van der Waals surface area contributed by atoms with Gasteiger partial charge in [0.25, 0.3) is 0 Å². The molecule has 0 saturated carbocycles. The molecular formula is C33H49N7O. The Hall–Kier alpha value is -3.83. The highest BCUT2D eigenvalue weighted by Gasteiger charge is 2.29.